The van der Waals surface area contributed by atoms with Crippen molar-refractivity contribution in [1.82, 2.24) is 0 Å². The molecule has 3 nitrogen and oxygen atoms in total. The minimum absolute atomic E-state index is 0.0122. The number of rotatable bonds is 3. The molecular weight excluding hydrogens is 739 g/mol. The molecule has 306 valence electrons. The summed E-state index contributed by atoms with van der Waals surface area (Å²) in [5.41, 5.74) is 27.3. The van der Waals surface area contributed by atoms with Crippen LogP contribution in [0.25, 0.3) is 27.8 Å². The standard InChI is InChI=1S/C57H59BN2O/c1-33-25-38(44-32-61-50-20-15-14-17-42(44)50)26-34(2)52(33)59-47-24-23-40(56(8,9)10)31-45(47)58-46-29-37-21-22-39(55(5,6)7)30-43(37)54(46)60(49-19-16-18-48(59)51(49)58)53-35(3)27-41(28-36(53)4)57(11,12)13/h14-28,30-32H,29H2,1-13H3. The lowest BCUT2D eigenvalue weighted by Gasteiger charge is -2.45. The van der Waals surface area contributed by atoms with Gasteiger partial charge in [-0.15, -0.1) is 0 Å². The number of furan rings is 1. The minimum atomic E-state index is -0.0122. The van der Waals surface area contributed by atoms with Gasteiger partial charge in [0.2, 0.25) is 6.71 Å². The lowest BCUT2D eigenvalue weighted by atomic mass is 9.32. The molecule has 3 heterocycles. The highest BCUT2D eigenvalue weighted by Gasteiger charge is 2.48. The number of hydrogen-bond donors (Lipinski definition) is 0. The van der Waals surface area contributed by atoms with Gasteiger partial charge in [-0.3, -0.25) is 0 Å². The van der Waals surface area contributed by atoms with E-state index in [1.807, 2.05) is 12.3 Å². The van der Waals surface area contributed by atoms with Crippen LogP contribution in [-0.4, -0.2) is 6.71 Å². The molecule has 1 aromatic heterocycles. The van der Waals surface area contributed by atoms with E-state index in [1.165, 1.54) is 106 Å². The molecule has 0 saturated heterocycles. The van der Waals surface area contributed by atoms with Crippen LogP contribution in [-0.2, 0) is 22.7 Å². The van der Waals surface area contributed by atoms with Gasteiger partial charge < -0.3 is 14.2 Å². The summed E-state index contributed by atoms with van der Waals surface area (Å²) in [6, 6.07) is 39.7. The Bertz CT molecular complexity index is 2960. The van der Waals surface area contributed by atoms with Crippen molar-refractivity contribution in [2.75, 3.05) is 9.80 Å². The van der Waals surface area contributed by atoms with Gasteiger partial charge in [0.25, 0.3) is 0 Å². The molecule has 0 bridgehead atoms. The molecule has 0 fully saturated rings. The molecule has 6 aromatic carbocycles. The van der Waals surface area contributed by atoms with E-state index in [4.69, 9.17) is 4.42 Å². The molecular formula is C57H59BN2O. The first kappa shape index (κ1) is 39.4. The molecule has 0 atom stereocenters. The second-order valence-electron chi connectivity index (χ2n) is 21.3. The smallest absolute Gasteiger partial charge is 0.247 e. The number of allylic oxidation sites excluding steroid dienone is 1. The summed E-state index contributed by atoms with van der Waals surface area (Å²) in [6.45, 7) is 30.4. The molecule has 0 amide bonds. The fourth-order valence-electron chi connectivity index (χ4n) is 10.7. The highest BCUT2D eigenvalue weighted by atomic mass is 16.3. The van der Waals surface area contributed by atoms with Gasteiger partial charge in [0.15, 0.2) is 0 Å². The van der Waals surface area contributed by atoms with Crippen LogP contribution in [0.5, 0.6) is 0 Å². The molecule has 0 N–H and O–H groups in total. The van der Waals surface area contributed by atoms with E-state index in [-0.39, 0.29) is 23.0 Å². The first-order valence-electron chi connectivity index (χ1n) is 22.3. The number of para-hydroxylation sites is 1. The first-order chi connectivity index (χ1) is 28.8. The fraction of sp³-hybridized carbons (Fsp3) is 0.298. The lowest BCUT2D eigenvalue weighted by molar-refractivity contribution is 0.589. The van der Waals surface area contributed by atoms with Crippen molar-refractivity contribution < 1.29 is 4.42 Å². The highest BCUT2D eigenvalue weighted by Crippen LogP contribution is 2.53. The predicted molar refractivity (Wildman–Crippen MR) is 262 cm³/mol. The Morgan fingerprint density at radius 2 is 1.10 bits per heavy atom. The first-order valence-corrected chi connectivity index (χ1v) is 22.3. The third-order valence-electron chi connectivity index (χ3n) is 13.9. The maximum Gasteiger partial charge on any atom is 0.247 e. The summed E-state index contributed by atoms with van der Waals surface area (Å²) in [4.78, 5) is 5.29. The van der Waals surface area contributed by atoms with Crippen molar-refractivity contribution in [2.24, 2.45) is 0 Å². The summed E-state index contributed by atoms with van der Waals surface area (Å²) in [7, 11) is 0. The van der Waals surface area contributed by atoms with Crippen molar-refractivity contribution in [3.63, 3.8) is 0 Å². The Hall–Kier alpha value is -5.74. The maximum absolute atomic E-state index is 6.05. The largest absolute Gasteiger partial charge is 0.464 e. The van der Waals surface area contributed by atoms with Gasteiger partial charge in [0.1, 0.15) is 5.58 Å². The minimum Gasteiger partial charge on any atom is -0.464 e. The van der Waals surface area contributed by atoms with Crippen LogP contribution in [0.2, 0.25) is 0 Å². The van der Waals surface area contributed by atoms with Gasteiger partial charge in [-0.2, -0.15) is 0 Å². The Kier molecular flexibility index (Phi) is 8.64. The molecule has 4 heteroatoms. The van der Waals surface area contributed by atoms with Crippen molar-refractivity contribution in [1.29, 1.82) is 0 Å². The zero-order valence-corrected chi connectivity index (χ0v) is 38.5. The van der Waals surface area contributed by atoms with E-state index in [0.29, 0.717) is 0 Å². The van der Waals surface area contributed by atoms with Gasteiger partial charge in [-0.1, -0.05) is 128 Å². The van der Waals surface area contributed by atoms with Crippen molar-refractivity contribution >= 4 is 62.7 Å². The van der Waals surface area contributed by atoms with Crippen LogP contribution < -0.4 is 20.7 Å². The third-order valence-corrected chi connectivity index (χ3v) is 13.9. The second kappa shape index (κ2) is 13.4. The van der Waals surface area contributed by atoms with Crippen LogP contribution >= 0.6 is 0 Å². The van der Waals surface area contributed by atoms with Crippen LogP contribution in [0.1, 0.15) is 112 Å². The van der Waals surface area contributed by atoms with Crippen molar-refractivity contribution in [3.05, 3.63) is 165 Å². The van der Waals surface area contributed by atoms with Crippen molar-refractivity contribution in [3.8, 4) is 11.1 Å². The molecule has 0 radical (unpaired) electrons. The van der Waals surface area contributed by atoms with Crippen LogP contribution in [0.15, 0.2) is 119 Å². The monoisotopic (exact) mass is 798 g/mol. The maximum atomic E-state index is 6.05. The number of anilines is 5. The number of nitrogens with zero attached hydrogens (tertiary/aromatic N) is 2. The predicted octanol–water partition coefficient (Wildman–Crippen LogP) is 14.3. The molecule has 1 aliphatic carbocycles. The van der Waals surface area contributed by atoms with Crippen LogP contribution in [0, 0.1) is 27.7 Å². The van der Waals surface area contributed by atoms with E-state index in [1.54, 1.807) is 0 Å². The molecule has 0 saturated carbocycles. The molecule has 2 aliphatic heterocycles. The summed E-state index contributed by atoms with van der Waals surface area (Å²) in [6.07, 6.45) is 2.84. The van der Waals surface area contributed by atoms with E-state index >= 15 is 0 Å². The summed E-state index contributed by atoms with van der Waals surface area (Å²) in [5.74, 6) is 0. The van der Waals surface area contributed by atoms with Gasteiger partial charge in [0, 0.05) is 39.3 Å². The van der Waals surface area contributed by atoms with Gasteiger partial charge in [-0.25, -0.2) is 0 Å². The number of hydrogen-bond acceptors (Lipinski definition) is 3. The van der Waals surface area contributed by atoms with Gasteiger partial charge >= 0.3 is 0 Å². The number of fused-ring (bicyclic) bond motifs is 6. The molecule has 3 aliphatic rings. The molecule has 10 rings (SSSR count). The lowest BCUT2D eigenvalue weighted by Crippen LogP contribution is -2.56. The topological polar surface area (TPSA) is 19.6 Å². The molecule has 7 aromatic rings. The van der Waals surface area contributed by atoms with E-state index < -0.39 is 0 Å². The normalized spacial score (nSPS) is 14.7. The summed E-state index contributed by atoms with van der Waals surface area (Å²) < 4.78 is 6.05. The average molecular weight is 799 g/mol. The zero-order valence-electron chi connectivity index (χ0n) is 38.5. The van der Waals surface area contributed by atoms with E-state index in [9.17, 15) is 0 Å². The van der Waals surface area contributed by atoms with Crippen LogP contribution in [0.4, 0.5) is 28.4 Å². The highest BCUT2D eigenvalue weighted by molar-refractivity contribution is 6.96. The van der Waals surface area contributed by atoms with E-state index in [0.717, 1.165) is 23.0 Å². The molecule has 0 spiro atoms. The zero-order chi connectivity index (χ0) is 43.1. The Morgan fingerprint density at radius 3 is 1.75 bits per heavy atom. The Balaban J connectivity index is 1.27. The van der Waals surface area contributed by atoms with Crippen molar-refractivity contribution in [2.45, 2.75) is 113 Å². The molecule has 0 unspecified atom stereocenters. The fourth-order valence-corrected chi connectivity index (χ4v) is 10.7. The van der Waals surface area contributed by atoms with E-state index in [2.05, 4.69) is 197 Å². The molecule has 61 heavy (non-hydrogen) atoms. The van der Waals surface area contributed by atoms with Gasteiger partial charge in [0.05, 0.1) is 17.6 Å². The Morgan fingerprint density at radius 1 is 0.525 bits per heavy atom. The Labute approximate surface area is 364 Å². The quantitative estimate of drug-likeness (QED) is 0.166. The average Bonchev–Trinajstić information content (AvgIpc) is 3.79. The van der Waals surface area contributed by atoms with Gasteiger partial charge in [-0.05, 0) is 154 Å². The van der Waals surface area contributed by atoms with Crippen LogP contribution in [0.3, 0.4) is 0 Å². The summed E-state index contributed by atoms with van der Waals surface area (Å²) >= 11 is 0. The number of aryl methyl sites for hydroxylation is 4. The second-order valence-corrected chi connectivity index (χ2v) is 21.3. The summed E-state index contributed by atoms with van der Waals surface area (Å²) in [5, 5.41) is 1.14. The number of benzene rings is 6. The SMILES string of the molecule is Cc1cc(C(C)(C)C)cc(C)c1N1C2=C(Cc3ccc(C(C)(C)C)cc32)B2c3cc(C(C)(C)C)ccc3N(c3c(C)cc(-c4coc5ccccc45)cc3C)c3cccc1c32. The third kappa shape index (κ3) is 6.07.